The van der Waals surface area contributed by atoms with E-state index in [2.05, 4.69) is 0 Å². The summed E-state index contributed by atoms with van der Waals surface area (Å²) >= 11 is 0. The Morgan fingerprint density at radius 3 is 2.50 bits per heavy atom. The SMILES string of the molecule is C[C@@H]1CO[C@@H](c2ccccc2)CN1S(=O)(=O)N1CCOCC1. The van der Waals surface area contributed by atoms with Crippen molar-refractivity contribution >= 4 is 10.2 Å². The molecule has 0 amide bonds. The summed E-state index contributed by atoms with van der Waals surface area (Å²) in [4.78, 5) is 0. The summed E-state index contributed by atoms with van der Waals surface area (Å²) in [6, 6.07) is 9.61. The predicted molar refractivity (Wildman–Crippen MR) is 82.6 cm³/mol. The van der Waals surface area contributed by atoms with Gasteiger partial charge >= 0.3 is 0 Å². The van der Waals surface area contributed by atoms with Gasteiger partial charge in [-0.2, -0.15) is 17.0 Å². The summed E-state index contributed by atoms with van der Waals surface area (Å²) in [5, 5.41) is 0. The Kier molecular flexibility index (Phi) is 4.79. The Morgan fingerprint density at radius 2 is 1.82 bits per heavy atom. The van der Waals surface area contributed by atoms with Crippen LogP contribution in [0.1, 0.15) is 18.6 Å². The fourth-order valence-corrected chi connectivity index (χ4v) is 4.60. The van der Waals surface area contributed by atoms with Crippen molar-refractivity contribution in [3.05, 3.63) is 35.9 Å². The molecule has 7 heteroatoms. The van der Waals surface area contributed by atoms with Crippen molar-refractivity contribution in [2.45, 2.75) is 19.1 Å². The second-order valence-electron chi connectivity index (χ2n) is 5.67. The number of nitrogens with zero attached hydrogens (tertiary/aromatic N) is 2. The molecule has 2 aliphatic heterocycles. The van der Waals surface area contributed by atoms with Gasteiger partial charge in [0.25, 0.3) is 10.2 Å². The summed E-state index contributed by atoms with van der Waals surface area (Å²) in [5.74, 6) is 0. The molecular formula is C15H22N2O4S. The third-order valence-corrected chi connectivity index (χ3v) is 6.26. The van der Waals surface area contributed by atoms with Gasteiger partial charge in [-0.3, -0.25) is 0 Å². The van der Waals surface area contributed by atoms with Crippen molar-refractivity contribution < 1.29 is 17.9 Å². The molecule has 2 saturated heterocycles. The van der Waals surface area contributed by atoms with E-state index in [-0.39, 0.29) is 12.1 Å². The second kappa shape index (κ2) is 6.64. The van der Waals surface area contributed by atoms with E-state index in [1.807, 2.05) is 37.3 Å². The molecular weight excluding hydrogens is 304 g/mol. The number of hydrogen-bond donors (Lipinski definition) is 0. The van der Waals surface area contributed by atoms with E-state index >= 15 is 0 Å². The molecule has 0 bridgehead atoms. The molecule has 0 spiro atoms. The molecule has 22 heavy (non-hydrogen) atoms. The van der Waals surface area contributed by atoms with Crippen LogP contribution in [0.2, 0.25) is 0 Å². The van der Waals surface area contributed by atoms with E-state index < -0.39 is 10.2 Å². The average molecular weight is 326 g/mol. The number of benzene rings is 1. The zero-order chi connectivity index (χ0) is 15.6. The summed E-state index contributed by atoms with van der Waals surface area (Å²) in [6.45, 7) is 4.40. The maximum Gasteiger partial charge on any atom is 0.282 e. The van der Waals surface area contributed by atoms with Gasteiger partial charge in [0.15, 0.2) is 0 Å². The molecule has 6 nitrogen and oxygen atoms in total. The lowest BCUT2D eigenvalue weighted by Crippen LogP contribution is -2.55. The summed E-state index contributed by atoms with van der Waals surface area (Å²) in [7, 11) is -3.47. The number of ether oxygens (including phenoxy) is 2. The lowest BCUT2D eigenvalue weighted by Gasteiger charge is -2.40. The number of hydrogen-bond acceptors (Lipinski definition) is 4. The van der Waals surface area contributed by atoms with Crippen molar-refractivity contribution in [3.8, 4) is 0 Å². The van der Waals surface area contributed by atoms with E-state index in [1.165, 1.54) is 4.31 Å². The van der Waals surface area contributed by atoms with Gasteiger partial charge in [0.1, 0.15) is 0 Å². The molecule has 122 valence electrons. The molecule has 2 aliphatic rings. The predicted octanol–water partition coefficient (Wildman–Crippen LogP) is 1.03. The highest BCUT2D eigenvalue weighted by molar-refractivity contribution is 7.86. The molecule has 0 aliphatic carbocycles. The molecule has 3 rings (SSSR count). The smallest absolute Gasteiger partial charge is 0.282 e. The molecule has 0 unspecified atom stereocenters. The van der Waals surface area contributed by atoms with Gasteiger partial charge in [0.05, 0.1) is 25.9 Å². The molecule has 0 saturated carbocycles. The Labute approximate surface area is 131 Å². The van der Waals surface area contributed by atoms with Crippen LogP contribution in [0.5, 0.6) is 0 Å². The van der Waals surface area contributed by atoms with Gasteiger partial charge in [0, 0.05) is 25.7 Å². The van der Waals surface area contributed by atoms with Gasteiger partial charge in [-0.25, -0.2) is 0 Å². The third kappa shape index (κ3) is 3.18. The fourth-order valence-electron chi connectivity index (χ4n) is 2.85. The maximum atomic E-state index is 12.9. The van der Waals surface area contributed by atoms with Crippen LogP contribution in [0.3, 0.4) is 0 Å². The van der Waals surface area contributed by atoms with Crippen molar-refractivity contribution in [1.82, 2.24) is 8.61 Å². The molecule has 1 aromatic rings. The first-order valence-electron chi connectivity index (χ1n) is 7.60. The van der Waals surface area contributed by atoms with Crippen molar-refractivity contribution in [2.24, 2.45) is 0 Å². The van der Waals surface area contributed by atoms with Crippen LogP contribution in [0.25, 0.3) is 0 Å². The standard InChI is InChI=1S/C15H22N2O4S/c1-13-12-21-15(14-5-3-2-4-6-14)11-17(13)22(18,19)16-7-9-20-10-8-16/h2-6,13,15H,7-12H2,1H3/t13-,15-/m1/s1. The van der Waals surface area contributed by atoms with Gasteiger partial charge in [0.2, 0.25) is 0 Å². The molecule has 0 N–H and O–H groups in total. The molecule has 2 fully saturated rings. The minimum atomic E-state index is -3.47. The van der Waals surface area contributed by atoms with E-state index in [1.54, 1.807) is 4.31 Å². The Bertz CT molecular complexity index is 587. The normalized spacial score (nSPS) is 28.6. The van der Waals surface area contributed by atoms with Gasteiger partial charge in [-0.15, -0.1) is 0 Å². The lowest BCUT2D eigenvalue weighted by atomic mass is 10.1. The largest absolute Gasteiger partial charge is 0.379 e. The maximum absolute atomic E-state index is 12.9. The Hall–Kier alpha value is -0.990. The molecule has 1 aromatic carbocycles. The molecule has 2 heterocycles. The van der Waals surface area contributed by atoms with Crippen LogP contribution in [0.15, 0.2) is 30.3 Å². The highest BCUT2D eigenvalue weighted by Crippen LogP contribution is 2.28. The average Bonchev–Trinajstić information content (AvgIpc) is 2.57. The van der Waals surface area contributed by atoms with Crippen LogP contribution in [-0.4, -0.2) is 62.5 Å². The number of rotatable bonds is 3. The van der Waals surface area contributed by atoms with Crippen molar-refractivity contribution in [3.63, 3.8) is 0 Å². The highest BCUT2D eigenvalue weighted by Gasteiger charge is 2.39. The quantitative estimate of drug-likeness (QED) is 0.832. The molecule has 0 radical (unpaired) electrons. The first-order chi connectivity index (χ1) is 10.6. The summed E-state index contributed by atoms with van der Waals surface area (Å²) in [6.07, 6.45) is -0.215. The lowest BCUT2D eigenvalue weighted by molar-refractivity contribution is -0.0321. The first kappa shape index (κ1) is 15.9. The molecule has 0 aromatic heterocycles. The van der Waals surface area contributed by atoms with E-state index in [0.29, 0.717) is 39.5 Å². The zero-order valence-corrected chi connectivity index (χ0v) is 13.5. The zero-order valence-electron chi connectivity index (χ0n) is 12.7. The molecule has 2 atom stereocenters. The van der Waals surface area contributed by atoms with Crippen molar-refractivity contribution in [1.29, 1.82) is 0 Å². The monoisotopic (exact) mass is 326 g/mol. The minimum Gasteiger partial charge on any atom is -0.379 e. The van der Waals surface area contributed by atoms with E-state index in [9.17, 15) is 8.42 Å². The number of morpholine rings is 2. The summed E-state index contributed by atoms with van der Waals surface area (Å²) in [5.41, 5.74) is 1.01. The van der Waals surface area contributed by atoms with Gasteiger partial charge in [-0.05, 0) is 12.5 Å². The Balaban J connectivity index is 1.79. The van der Waals surface area contributed by atoms with Crippen LogP contribution in [0, 0.1) is 0 Å². The third-order valence-electron chi connectivity index (χ3n) is 4.14. The minimum absolute atomic E-state index is 0.159. The van der Waals surface area contributed by atoms with Crippen LogP contribution in [-0.2, 0) is 19.7 Å². The topological polar surface area (TPSA) is 59.1 Å². The first-order valence-corrected chi connectivity index (χ1v) is 9.00. The van der Waals surface area contributed by atoms with E-state index in [4.69, 9.17) is 9.47 Å². The fraction of sp³-hybridized carbons (Fsp3) is 0.600. The van der Waals surface area contributed by atoms with Gasteiger partial charge < -0.3 is 9.47 Å². The summed E-state index contributed by atoms with van der Waals surface area (Å²) < 4.78 is 39.9. The van der Waals surface area contributed by atoms with Crippen LogP contribution < -0.4 is 0 Å². The Morgan fingerprint density at radius 1 is 1.14 bits per heavy atom. The highest BCUT2D eigenvalue weighted by atomic mass is 32.2. The second-order valence-corrected chi connectivity index (χ2v) is 7.55. The van der Waals surface area contributed by atoms with E-state index in [0.717, 1.165) is 5.56 Å². The van der Waals surface area contributed by atoms with Crippen LogP contribution >= 0.6 is 0 Å². The van der Waals surface area contributed by atoms with Crippen LogP contribution in [0.4, 0.5) is 0 Å². The van der Waals surface area contributed by atoms with Crippen molar-refractivity contribution in [2.75, 3.05) is 39.5 Å². The van der Waals surface area contributed by atoms with Gasteiger partial charge in [-0.1, -0.05) is 30.3 Å².